The van der Waals surface area contributed by atoms with Crippen LogP contribution in [0.25, 0.3) is 0 Å². The van der Waals surface area contributed by atoms with Crippen molar-refractivity contribution in [3.05, 3.63) is 125 Å². The number of nitrogens with one attached hydrogen (secondary N) is 1. The van der Waals surface area contributed by atoms with Crippen LogP contribution in [0.2, 0.25) is 0 Å². The summed E-state index contributed by atoms with van der Waals surface area (Å²) >= 11 is 0. The van der Waals surface area contributed by atoms with Crippen molar-refractivity contribution < 1.29 is 17.9 Å². The fourth-order valence-corrected chi connectivity index (χ4v) is 5.79. The maximum absolute atomic E-state index is 13.8. The first kappa shape index (κ1) is 26.0. The number of methoxy groups -OCH3 is 1. The lowest BCUT2D eigenvalue weighted by Crippen LogP contribution is -2.42. The molecule has 0 aliphatic rings. The maximum Gasteiger partial charge on any atom is 0.264 e. The van der Waals surface area contributed by atoms with Crippen LogP contribution in [0.3, 0.4) is 0 Å². The van der Waals surface area contributed by atoms with E-state index in [-0.39, 0.29) is 11.4 Å². The van der Waals surface area contributed by atoms with Crippen LogP contribution < -0.4 is 14.4 Å². The average molecular weight is 515 g/mol. The molecule has 7 heteroatoms. The molecule has 4 rings (SSSR count). The highest BCUT2D eigenvalue weighted by atomic mass is 32.2. The number of aryl methyl sites for hydroxylation is 2. The quantitative estimate of drug-likeness (QED) is 0.324. The Hall–Kier alpha value is -4.10. The number of benzene rings is 4. The third kappa shape index (κ3) is 5.84. The molecule has 0 fully saturated rings. The van der Waals surface area contributed by atoms with Gasteiger partial charge in [-0.25, -0.2) is 8.42 Å². The summed E-state index contributed by atoms with van der Waals surface area (Å²) in [6.07, 6.45) is 0. The van der Waals surface area contributed by atoms with Crippen molar-refractivity contribution in [1.82, 2.24) is 5.32 Å². The van der Waals surface area contributed by atoms with Crippen LogP contribution in [0.4, 0.5) is 5.69 Å². The molecule has 37 heavy (non-hydrogen) atoms. The van der Waals surface area contributed by atoms with Crippen LogP contribution in [-0.4, -0.2) is 28.0 Å². The topological polar surface area (TPSA) is 75.7 Å². The van der Waals surface area contributed by atoms with Gasteiger partial charge in [-0.3, -0.25) is 9.10 Å². The highest BCUT2D eigenvalue weighted by Crippen LogP contribution is 2.28. The lowest BCUT2D eigenvalue weighted by atomic mass is 9.95. The van der Waals surface area contributed by atoms with Crippen molar-refractivity contribution in [1.29, 1.82) is 0 Å². The average Bonchev–Trinajstić information content (AvgIpc) is 2.91. The van der Waals surface area contributed by atoms with E-state index in [4.69, 9.17) is 4.74 Å². The van der Waals surface area contributed by atoms with E-state index in [0.29, 0.717) is 17.0 Å². The number of rotatable bonds is 9. The summed E-state index contributed by atoms with van der Waals surface area (Å²) < 4.78 is 34.0. The molecule has 1 unspecified atom stereocenters. The van der Waals surface area contributed by atoms with Crippen LogP contribution in [-0.2, 0) is 14.8 Å². The molecule has 1 N–H and O–H groups in total. The zero-order valence-electron chi connectivity index (χ0n) is 21.1. The Morgan fingerprint density at radius 1 is 0.838 bits per heavy atom. The third-order valence-electron chi connectivity index (χ3n) is 6.22. The zero-order chi connectivity index (χ0) is 26.4. The van der Waals surface area contributed by atoms with E-state index >= 15 is 0 Å². The van der Waals surface area contributed by atoms with E-state index in [1.807, 2.05) is 61.5 Å². The molecule has 0 aliphatic carbocycles. The number of anilines is 1. The summed E-state index contributed by atoms with van der Waals surface area (Å²) in [5.41, 5.74) is 3.97. The van der Waals surface area contributed by atoms with Gasteiger partial charge >= 0.3 is 0 Å². The first-order chi connectivity index (χ1) is 17.8. The van der Waals surface area contributed by atoms with Crippen LogP contribution in [0.5, 0.6) is 5.75 Å². The number of hydrogen-bond donors (Lipinski definition) is 1. The van der Waals surface area contributed by atoms with Crippen molar-refractivity contribution in [2.45, 2.75) is 24.8 Å². The highest BCUT2D eigenvalue weighted by molar-refractivity contribution is 7.92. The van der Waals surface area contributed by atoms with Gasteiger partial charge in [0.05, 0.1) is 23.7 Å². The zero-order valence-corrected chi connectivity index (χ0v) is 21.9. The molecule has 0 radical (unpaired) electrons. The van der Waals surface area contributed by atoms with Gasteiger partial charge in [-0.15, -0.1) is 0 Å². The van der Waals surface area contributed by atoms with Gasteiger partial charge in [0.1, 0.15) is 12.3 Å². The lowest BCUT2D eigenvalue weighted by Gasteiger charge is -2.27. The number of hydrogen-bond acceptors (Lipinski definition) is 4. The predicted molar refractivity (Wildman–Crippen MR) is 146 cm³/mol. The van der Waals surface area contributed by atoms with Crippen molar-refractivity contribution in [3.63, 3.8) is 0 Å². The second kappa shape index (κ2) is 11.3. The highest BCUT2D eigenvalue weighted by Gasteiger charge is 2.29. The summed E-state index contributed by atoms with van der Waals surface area (Å²) in [5, 5.41) is 3.08. The second-order valence-corrected chi connectivity index (χ2v) is 10.6. The Balaban J connectivity index is 1.69. The van der Waals surface area contributed by atoms with E-state index in [0.717, 1.165) is 21.0 Å². The molecule has 190 valence electrons. The van der Waals surface area contributed by atoms with Crippen LogP contribution in [0.1, 0.15) is 28.3 Å². The van der Waals surface area contributed by atoms with Crippen LogP contribution >= 0.6 is 0 Å². The summed E-state index contributed by atoms with van der Waals surface area (Å²) in [7, 11) is -2.52. The maximum atomic E-state index is 13.8. The van der Waals surface area contributed by atoms with Gasteiger partial charge in [-0.1, -0.05) is 72.8 Å². The minimum atomic E-state index is -4.05. The third-order valence-corrected chi connectivity index (χ3v) is 7.99. The summed E-state index contributed by atoms with van der Waals surface area (Å²) in [5.74, 6) is 0.168. The second-order valence-electron chi connectivity index (χ2n) is 8.75. The lowest BCUT2D eigenvalue weighted by molar-refractivity contribution is -0.120. The minimum Gasteiger partial charge on any atom is -0.496 e. The molecule has 0 aromatic heterocycles. The van der Waals surface area contributed by atoms with E-state index < -0.39 is 22.0 Å². The molecule has 0 heterocycles. The van der Waals surface area contributed by atoms with Crippen molar-refractivity contribution in [2.24, 2.45) is 0 Å². The fourth-order valence-electron chi connectivity index (χ4n) is 4.28. The molecule has 0 saturated heterocycles. The predicted octanol–water partition coefficient (Wildman–Crippen LogP) is 5.41. The van der Waals surface area contributed by atoms with E-state index in [1.54, 1.807) is 49.4 Å². The van der Waals surface area contributed by atoms with Gasteiger partial charge in [0.2, 0.25) is 5.91 Å². The molecule has 0 saturated carbocycles. The molecule has 1 atom stereocenters. The molecular formula is C30H30N2O4S. The van der Waals surface area contributed by atoms with Gasteiger partial charge in [0.15, 0.2) is 0 Å². The number of carbonyl (C=O) groups is 1. The summed E-state index contributed by atoms with van der Waals surface area (Å²) in [6, 6.07) is 30.4. The Bertz CT molecular complexity index is 1470. The minimum absolute atomic E-state index is 0.0842. The van der Waals surface area contributed by atoms with E-state index in [1.165, 1.54) is 13.2 Å². The van der Waals surface area contributed by atoms with Crippen LogP contribution in [0.15, 0.2) is 108 Å². The normalized spacial score (nSPS) is 12.0. The molecule has 1 amide bonds. The van der Waals surface area contributed by atoms with Gasteiger partial charge in [0.25, 0.3) is 10.0 Å². The summed E-state index contributed by atoms with van der Waals surface area (Å²) in [4.78, 5) is 13.6. The number of carbonyl (C=O) groups excluding carboxylic acids is 1. The van der Waals surface area contributed by atoms with E-state index in [9.17, 15) is 13.2 Å². The van der Waals surface area contributed by atoms with Crippen molar-refractivity contribution >= 4 is 21.6 Å². The molecular weight excluding hydrogens is 484 g/mol. The Kier molecular flexibility index (Phi) is 7.94. The fraction of sp³-hybridized carbons (Fsp3) is 0.167. The van der Waals surface area contributed by atoms with Gasteiger partial charge in [0, 0.05) is 0 Å². The summed E-state index contributed by atoms with van der Waals surface area (Å²) in [6.45, 7) is 3.39. The van der Waals surface area contributed by atoms with Crippen molar-refractivity contribution in [3.8, 4) is 5.75 Å². The number of amides is 1. The van der Waals surface area contributed by atoms with E-state index in [2.05, 4.69) is 5.32 Å². The Labute approximate surface area is 218 Å². The molecule has 4 aromatic carbocycles. The Morgan fingerprint density at radius 3 is 2.08 bits per heavy atom. The number of ether oxygens (including phenoxy) is 1. The number of para-hydroxylation sites is 1. The molecule has 6 nitrogen and oxygen atoms in total. The molecule has 0 bridgehead atoms. The molecule has 0 spiro atoms. The van der Waals surface area contributed by atoms with Gasteiger partial charge in [-0.05, 0) is 66.4 Å². The van der Waals surface area contributed by atoms with Gasteiger partial charge < -0.3 is 10.1 Å². The number of sulfonamides is 1. The number of nitrogens with zero attached hydrogens (tertiary/aromatic N) is 1. The van der Waals surface area contributed by atoms with Crippen LogP contribution in [0, 0.1) is 13.8 Å². The first-order valence-corrected chi connectivity index (χ1v) is 13.4. The molecule has 4 aromatic rings. The Morgan fingerprint density at radius 2 is 1.46 bits per heavy atom. The van der Waals surface area contributed by atoms with Crippen molar-refractivity contribution in [2.75, 3.05) is 18.0 Å². The standard InChI is InChI=1S/C30H30N2O4S/c1-22-12-10-11-17-27(22)30(24-13-6-4-7-14-24)31-29(33)21-32(25-15-8-5-9-16-25)37(34,35)26-18-19-28(36-3)23(2)20-26/h4-20,30H,21H2,1-3H3,(H,31,33). The molecule has 0 aliphatic heterocycles. The SMILES string of the molecule is COc1ccc(S(=O)(=O)N(CC(=O)NC(c2ccccc2)c2ccccc2C)c2ccccc2)cc1C. The smallest absolute Gasteiger partial charge is 0.264 e. The first-order valence-electron chi connectivity index (χ1n) is 11.9. The van der Waals surface area contributed by atoms with Gasteiger partial charge in [-0.2, -0.15) is 0 Å². The largest absolute Gasteiger partial charge is 0.496 e. The monoisotopic (exact) mass is 514 g/mol.